The first-order chi connectivity index (χ1) is 9.02. The van der Waals surface area contributed by atoms with E-state index in [1.807, 2.05) is 12.1 Å². The smallest absolute Gasteiger partial charge is 0.126 e. The number of aryl methyl sites for hydroxylation is 1. The molecule has 0 bridgehead atoms. The average Bonchev–Trinajstić information content (AvgIpc) is 2.70. The number of halogens is 3. The van der Waals surface area contributed by atoms with E-state index in [-0.39, 0.29) is 11.9 Å². The van der Waals surface area contributed by atoms with Crippen molar-refractivity contribution < 1.29 is 4.39 Å². The summed E-state index contributed by atoms with van der Waals surface area (Å²) in [6.45, 7) is 4.72. The van der Waals surface area contributed by atoms with E-state index in [9.17, 15) is 4.39 Å². The molecule has 1 atom stereocenters. The Hall–Kier alpha value is -0.230. The second-order valence-corrected chi connectivity index (χ2v) is 7.53. The van der Waals surface area contributed by atoms with Crippen molar-refractivity contribution in [3.05, 3.63) is 54.3 Å². The molecule has 0 saturated heterocycles. The van der Waals surface area contributed by atoms with E-state index in [0.29, 0.717) is 5.56 Å². The molecule has 2 aromatic rings. The van der Waals surface area contributed by atoms with Crippen LogP contribution in [0.3, 0.4) is 0 Å². The Kier molecular flexibility index (Phi) is 5.17. The van der Waals surface area contributed by atoms with E-state index >= 15 is 0 Å². The summed E-state index contributed by atoms with van der Waals surface area (Å²) >= 11 is 8.71. The van der Waals surface area contributed by atoms with Gasteiger partial charge in [0.25, 0.3) is 0 Å². The van der Waals surface area contributed by atoms with Gasteiger partial charge in [0.05, 0.1) is 9.83 Å². The van der Waals surface area contributed by atoms with Gasteiger partial charge in [0.15, 0.2) is 0 Å². The highest BCUT2D eigenvalue weighted by molar-refractivity contribution is 9.13. The first-order valence-corrected chi connectivity index (χ1v) is 8.37. The Bertz CT molecular complexity index is 563. The van der Waals surface area contributed by atoms with E-state index in [4.69, 9.17) is 0 Å². The molecule has 0 amide bonds. The summed E-state index contributed by atoms with van der Waals surface area (Å²) in [7, 11) is 0. The van der Waals surface area contributed by atoms with Crippen LogP contribution in [0.25, 0.3) is 0 Å². The maximum absolute atomic E-state index is 13.4. The predicted molar refractivity (Wildman–Crippen MR) is 86.4 cm³/mol. The fourth-order valence-corrected chi connectivity index (χ4v) is 4.13. The Morgan fingerprint density at radius 2 is 2.05 bits per heavy atom. The van der Waals surface area contributed by atoms with Gasteiger partial charge in [-0.05, 0) is 68.6 Å². The van der Waals surface area contributed by atoms with Crippen LogP contribution in [0, 0.1) is 12.7 Å². The third-order valence-electron chi connectivity index (χ3n) is 2.87. The molecule has 0 fully saturated rings. The quantitative estimate of drug-likeness (QED) is 0.714. The fraction of sp³-hybridized carbons (Fsp3) is 0.286. The zero-order valence-corrected chi connectivity index (χ0v) is 14.6. The molecule has 2 rings (SSSR count). The summed E-state index contributed by atoms with van der Waals surface area (Å²) in [4.78, 5) is 1.20. The van der Waals surface area contributed by atoms with Gasteiger partial charge >= 0.3 is 0 Å². The zero-order valence-electron chi connectivity index (χ0n) is 10.6. The molecule has 0 aliphatic carbocycles. The molecule has 1 heterocycles. The van der Waals surface area contributed by atoms with Crippen molar-refractivity contribution in [2.24, 2.45) is 0 Å². The van der Waals surface area contributed by atoms with E-state index < -0.39 is 0 Å². The summed E-state index contributed by atoms with van der Waals surface area (Å²) in [6, 6.07) is 7.48. The predicted octanol–water partition coefficient (Wildman–Crippen LogP) is 5.42. The van der Waals surface area contributed by atoms with Gasteiger partial charge in [-0.15, -0.1) is 11.3 Å². The first-order valence-electron chi connectivity index (χ1n) is 5.97. The van der Waals surface area contributed by atoms with Crippen molar-refractivity contribution in [1.29, 1.82) is 0 Å². The number of thiophene rings is 1. The molecule has 5 heteroatoms. The standard InChI is InChI=1S/C14H14Br2FNS/c1-3-18-13(12-7-10(15)14(16)19-12)9-4-5-11(17)8(2)6-9/h4-7,13,18H,3H2,1-2H3. The van der Waals surface area contributed by atoms with Crippen LogP contribution >= 0.6 is 43.2 Å². The minimum Gasteiger partial charge on any atom is -0.306 e. The molecule has 1 unspecified atom stereocenters. The van der Waals surface area contributed by atoms with Crippen LogP contribution in [0.15, 0.2) is 32.5 Å². The number of rotatable bonds is 4. The molecule has 19 heavy (non-hydrogen) atoms. The molecule has 0 radical (unpaired) electrons. The van der Waals surface area contributed by atoms with Gasteiger partial charge in [0.2, 0.25) is 0 Å². The molecule has 1 aromatic carbocycles. The number of benzene rings is 1. The van der Waals surface area contributed by atoms with Crippen molar-refractivity contribution in [2.75, 3.05) is 6.54 Å². The van der Waals surface area contributed by atoms with Gasteiger partial charge in [-0.1, -0.05) is 19.1 Å². The van der Waals surface area contributed by atoms with Crippen LogP contribution in [0.5, 0.6) is 0 Å². The highest BCUT2D eigenvalue weighted by atomic mass is 79.9. The molecule has 0 aliphatic rings. The third kappa shape index (κ3) is 3.45. The normalized spacial score (nSPS) is 12.7. The maximum Gasteiger partial charge on any atom is 0.126 e. The van der Waals surface area contributed by atoms with Crippen LogP contribution in [0.4, 0.5) is 4.39 Å². The van der Waals surface area contributed by atoms with Crippen molar-refractivity contribution in [3.8, 4) is 0 Å². The van der Waals surface area contributed by atoms with Gasteiger partial charge in [-0.3, -0.25) is 0 Å². The molecular formula is C14H14Br2FNS. The molecule has 1 nitrogen and oxygen atoms in total. The molecule has 1 aromatic heterocycles. The topological polar surface area (TPSA) is 12.0 Å². The minimum atomic E-state index is -0.160. The molecule has 0 aliphatic heterocycles. The second kappa shape index (κ2) is 6.48. The second-order valence-electron chi connectivity index (χ2n) is 4.27. The molecule has 1 N–H and O–H groups in total. The molecular weight excluding hydrogens is 393 g/mol. The van der Waals surface area contributed by atoms with Gasteiger partial charge in [-0.2, -0.15) is 0 Å². The van der Waals surface area contributed by atoms with E-state index in [1.54, 1.807) is 18.3 Å². The minimum absolute atomic E-state index is 0.0944. The summed E-state index contributed by atoms with van der Waals surface area (Å²) in [5.41, 5.74) is 1.76. The molecule has 0 saturated carbocycles. The SMILES string of the molecule is CCNC(c1ccc(F)c(C)c1)c1cc(Br)c(Br)s1. The van der Waals surface area contributed by atoms with Crippen molar-refractivity contribution in [1.82, 2.24) is 5.32 Å². The highest BCUT2D eigenvalue weighted by Crippen LogP contribution is 2.37. The third-order valence-corrected chi connectivity index (χ3v) is 6.19. The van der Waals surface area contributed by atoms with E-state index in [2.05, 4.69) is 50.2 Å². The van der Waals surface area contributed by atoms with Crippen LogP contribution < -0.4 is 5.32 Å². The van der Waals surface area contributed by atoms with Crippen LogP contribution in [-0.2, 0) is 0 Å². The van der Waals surface area contributed by atoms with Crippen LogP contribution in [-0.4, -0.2) is 6.54 Å². The number of nitrogens with one attached hydrogen (secondary N) is 1. The molecule has 0 spiro atoms. The lowest BCUT2D eigenvalue weighted by Crippen LogP contribution is -2.21. The fourth-order valence-electron chi connectivity index (χ4n) is 1.94. The highest BCUT2D eigenvalue weighted by Gasteiger charge is 2.17. The Morgan fingerprint density at radius 3 is 2.58 bits per heavy atom. The van der Waals surface area contributed by atoms with Gasteiger partial charge < -0.3 is 5.32 Å². The molecule has 102 valence electrons. The van der Waals surface area contributed by atoms with Crippen LogP contribution in [0.2, 0.25) is 0 Å². The van der Waals surface area contributed by atoms with Crippen molar-refractivity contribution >= 4 is 43.2 Å². The maximum atomic E-state index is 13.4. The monoisotopic (exact) mass is 405 g/mol. The van der Waals surface area contributed by atoms with E-state index in [1.165, 1.54) is 10.9 Å². The lowest BCUT2D eigenvalue weighted by Gasteiger charge is -2.17. The number of hydrogen-bond acceptors (Lipinski definition) is 2. The van der Waals surface area contributed by atoms with Gasteiger partial charge in [-0.25, -0.2) is 4.39 Å². The van der Waals surface area contributed by atoms with Crippen molar-refractivity contribution in [3.63, 3.8) is 0 Å². The van der Waals surface area contributed by atoms with Crippen molar-refractivity contribution in [2.45, 2.75) is 19.9 Å². The van der Waals surface area contributed by atoms with Gasteiger partial charge in [0.1, 0.15) is 5.82 Å². The summed E-state index contributed by atoms with van der Waals surface area (Å²) in [6.07, 6.45) is 0. The Balaban J connectivity index is 2.41. The summed E-state index contributed by atoms with van der Waals surface area (Å²) in [5, 5.41) is 3.45. The first kappa shape index (κ1) is 15.2. The lowest BCUT2D eigenvalue weighted by atomic mass is 10.0. The summed E-state index contributed by atoms with van der Waals surface area (Å²) in [5.74, 6) is -0.160. The largest absolute Gasteiger partial charge is 0.306 e. The summed E-state index contributed by atoms with van der Waals surface area (Å²) < 4.78 is 15.5. The average molecular weight is 407 g/mol. The Morgan fingerprint density at radius 1 is 1.32 bits per heavy atom. The van der Waals surface area contributed by atoms with Gasteiger partial charge in [0, 0.05) is 9.35 Å². The zero-order chi connectivity index (χ0) is 14.0. The number of hydrogen-bond donors (Lipinski definition) is 1. The van der Waals surface area contributed by atoms with Crippen LogP contribution in [0.1, 0.15) is 29.0 Å². The Labute approximate surface area is 133 Å². The lowest BCUT2D eigenvalue weighted by molar-refractivity contribution is 0.609. The van der Waals surface area contributed by atoms with E-state index in [0.717, 1.165) is 20.4 Å².